The first-order valence-corrected chi connectivity index (χ1v) is 6.26. The molecular weight excluding hydrogens is 246 g/mol. The molecule has 1 saturated heterocycles. The zero-order valence-electron chi connectivity index (χ0n) is 11.1. The van der Waals surface area contributed by atoms with Crippen LogP contribution in [0.5, 0.6) is 5.75 Å². The Hall–Kier alpha value is -2.04. The first-order chi connectivity index (χ1) is 9.15. The van der Waals surface area contributed by atoms with E-state index in [4.69, 9.17) is 9.47 Å². The van der Waals surface area contributed by atoms with E-state index in [-0.39, 0.29) is 24.2 Å². The Kier molecular flexibility index (Phi) is 4.04. The van der Waals surface area contributed by atoms with Crippen molar-refractivity contribution >= 4 is 17.6 Å². The minimum Gasteiger partial charge on any atom is -0.497 e. The Morgan fingerprint density at radius 2 is 2.05 bits per heavy atom. The van der Waals surface area contributed by atoms with Gasteiger partial charge in [-0.05, 0) is 31.2 Å². The molecular formula is C14H17NO4. The number of rotatable bonds is 4. The highest BCUT2D eigenvalue weighted by Crippen LogP contribution is 2.27. The van der Waals surface area contributed by atoms with Gasteiger partial charge in [0.05, 0.1) is 19.6 Å². The van der Waals surface area contributed by atoms with Crippen LogP contribution in [-0.2, 0) is 14.3 Å². The number of ether oxygens (including phenoxy) is 2. The third kappa shape index (κ3) is 2.86. The molecule has 0 unspecified atom stereocenters. The summed E-state index contributed by atoms with van der Waals surface area (Å²) >= 11 is 0. The van der Waals surface area contributed by atoms with E-state index in [1.54, 1.807) is 31.1 Å². The minimum atomic E-state index is -0.366. The van der Waals surface area contributed by atoms with Crippen molar-refractivity contribution in [3.8, 4) is 5.75 Å². The number of anilines is 1. The van der Waals surface area contributed by atoms with E-state index < -0.39 is 0 Å². The summed E-state index contributed by atoms with van der Waals surface area (Å²) in [6.07, 6.45) is 0.213. The Labute approximate surface area is 112 Å². The largest absolute Gasteiger partial charge is 0.497 e. The van der Waals surface area contributed by atoms with Crippen molar-refractivity contribution in [1.82, 2.24) is 0 Å². The van der Waals surface area contributed by atoms with Gasteiger partial charge in [0.2, 0.25) is 5.91 Å². The van der Waals surface area contributed by atoms with Crippen molar-refractivity contribution in [3.05, 3.63) is 24.3 Å². The Balaban J connectivity index is 2.08. The van der Waals surface area contributed by atoms with Crippen LogP contribution < -0.4 is 9.64 Å². The van der Waals surface area contributed by atoms with Crippen LogP contribution in [0.3, 0.4) is 0 Å². The van der Waals surface area contributed by atoms with Crippen LogP contribution in [0.1, 0.15) is 13.3 Å². The second-order valence-electron chi connectivity index (χ2n) is 4.36. The number of benzene rings is 1. The van der Waals surface area contributed by atoms with Crippen molar-refractivity contribution in [2.24, 2.45) is 5.92 Å². The topological polar surface area (TPSA) is 55.8 Å². The van der Waals surface area contributed by atoms with Crippen molar-refractivity contribution in [2.45, 2.75) is 13.3 Å². The van der Waals surface area contributed by atoms with Gasteiger partial charge in [-0.3, -0.25) is 9.59 Å². The van der Waals surface area contributed by atoms with Gasteiger partial charge in [0, 0.05) is 18.7 Å². The molecule has 0 aliphatic carbocycles. The predicted octanol–water partition coefficient (Wildman–Crippen LogP) is 1.61. The molecule has 1 aliphatic heterocycles. The molecule has 1 aliphatic rings. The SMILES string of the molecule is CCOC(=O)[C@@H]1CC(=O)N(c2ccc(OC)cc2)C1. The minimum absolute atomic E-state index is 0.0526. The molecule has 1 amide bonds. The molecule has 0 spiro atoms. The molecule has 0 bridgehead atoms. The number of esters is 1. The van der Waals surface area contributed by atoms with Gasteiger partial charge >= 0.3 is 5.97 Å². The van der Waals surface area contributed by atoms with Crippen molar-refractivity contribution in [2.75, 3.05) is 25.2 Å². The first kappa shape index (κ1) is 13.4. The van der Waals surface area contributed by atoms with Gasteiger partial charge in [-0.25, -0.2) is 0 Å². The van der Waals surface area contributed by atoms with E-state index in [2.05, 4.69) is 0 Å². The van der Waals surface area contributed by atoms with Gasteiger partial charge < -0.3 is 14.4 Å². The van der Waals surface area contributed by atoms with Gasteiger partial charge in [-0.2, -0.15) is 0 Å². The summed E-state index contributed by atoms with van der Waals surface area (Å²) in [5.41, 5.74) is 0.776. The zero-order valence-corrected chi connectivity index (χ0v) is 11.1. The summed E-state index contributed by atoms with van der Waals surface area (Å²) < 4.78 is 10.0. The van der Waals surface area contributed by atoms with Crippen LogP contribution in [0.2, 0.25) is 0 Å². The van der Waals surface area contributed by atoms with Gasteiger partial charge in [0.25, 0.3) is 0 Å². The fourth-order valence-corrected chi connectivity index (χ4v) is 2.14. The smallest absolute Gasteiger partial charge is 0.311 e. The molecule has 1 fully saturated rings. The number of hydrogen-bond donors (Lipinski definition) is 0. The summed E-state index contributed by atoms with van der Waals surface area (Å²) in [4.78, 5) is 25.2. The first-order valence-electron chi connectivity index (χ1n) is 6.26. The van der Waals surface area contributed by atoms with Crippen molar-refractivity contribution in [3.63, 3.8) is 0 Å². The molecule has 1 aromatic carbocycles. The number of nitrogens with zero attached hydrogens (tertiary/aromatic N) is 1. The molecule has 19 heavy (non-hydrogen) atoms. The Morgan fingerprint density at radius 3 is 2.63 bits per heavy atom. The third-order valence-electron chi connectivity index (χ3n) is 3.13. The summed E-state index contributed by atoms with van der Waals surface area (Å²) in [6, 6.07) is 7.20. The van der Waals surface area contributed by atoms with E-state index in [0.29, 0.717) is 13.2 Å². The Morgan fingerprint density at radius 1 is 1.37 bits per heavy atom. The lowest BCUT2D eigenvalue weighted by Crippen LogP contribution is -2.26. The fourth-order valence-electron chi connectivity index (χ4n) is 2.14. The highest BCUT2D eigenvalue weighted by Gasteiger charge is 2.35. The molecule has 5 nitrogen and oxygen atoms in total. The van der Waals surface area contributed by atoms with Gasteiger partial charge in [0.1, 0.15) is 5.75 Å². The fraction of sp³-hybridized carbons (Fsp3) is 0.429. The molecule has 1 aromatic rings. The summed E-state index contributed by atoms with van der Waals surface area (Å²) in [5, 5.41) is 0. The maximum absolute atomic E-state index is 11.9. The molecule has 0 aromatic heterocycles. The molecule has 1 atom stereocenters. The molecule has 2 rings (SSSR count). The van der Waals surface area contributed by atoms with Gasteiger partial charge in [0.15, 0.2) is 0 Å². The number of carbonyl (C=O) groups is 2. The highest BCUT2D eigenvalue weighted by atomic mass is 16.5. The number of amides is 1. The lowest BCUT2D eigenvalue weighted by molar-refractivity contribution is -0.147. The lowest BCUT2D eigenvalue weighted by Gasteiger charge is -2.16. The average Bonchev–Trinajstić information content (AvgIpc) is 2.81. The molecule has 0 radical (unpaired) electrons. The van der Waals surface area contributed by atoms with E-state index in [9.17, 15) is 9.59 Å². The van der Waals surface area contributed by atoms with E-state index in [0.717, 1.165) is 11.4 Å². The normalized spacial score (nSPS) is 18.5. The lowest BCUT2D eigenvalue weighted by atomic mass is 10.1. The molecule has 0 saturated carbocycles. The van der Waals surface area contributed by atoms with Crippen LogP contribution >= 0.6 is 0 Å². The molecule has 5 heteroatoms. The third-order valence-corrected chi connectivity index (χ3v) is 3.13. The van der Waals surface area contributed by atoms with Gasteiger partial charge in [-0.15, -0.1) is 0 Å². The zero-order chi connectivity index (χ0) is 13.8. The second-order valence-corrected chi connectivity index (χ2v) is 4.36. The standard InChI is InChI=1S/C14H17NO4/c1-3-19-14(17)10-8-13(16)15(9-10)11-4-6-12(18-2)7-5-11/h4-7,10H,3,8-9H2,1-2H3/t10-/m1/s1. The molecule has 102 valence electrons. The van der Waals surface area contributed by atoms with E-state index >= 15 is 0 Å². The van der Waals surface area contributed by atoms with E-state index in [1.165, 1.54) is 0 Å². The van der Waals surface area contributed by atoms with Gasteiger partial charge in [-0.1, -0.05) is 0 Å². The maximum atomic E-state index is 11.9. The molecule has 1 heterocycles. The second kappa shape index (κ2) is 5.73. The average molecular weight is 263 g/mol. The van der Waals surface area contributed by atoms with Crippen LogP contribution in [0, 0.1) is 5.92 Å². The summed E-state index contributed by atoms with van der Waals surface area (Å²) in [6.45, 7) is 2.48. The Bertz CT molecular complexity index is 469. The predicted molar refractivity (Wildman–Crippen MR) is 70.1 cm³/mol. The number of carbonyl (C=O) groups excluding carboxylic acids is 2. The van der Waals surface area contributed by atoms with Crippen LogP contribution in [0.25, 0.3) is 0 Å². The monoisotopic (exact) mass is 263 g/mol. The van der Waals surface area contributed by atoms with Crippen LogP contribution in [-0.4, -0.2) is 32.1 Å². The van der Waals surface area contributed by atoms with Crippen molar-refractivity contribution < 1.29 is 19.1 Å². The quantitative estimate of drug-likeness (QED) is 0.774. The van der Waals surface area contributed by atoms with E-state index in [1.807, 2.05) is 12.1 Å². The maximum Gasteiger partial charge on any atom is 0.311 e. The highest BCUT2D eigenvalue weighted by molar-refractivity contribution is 5.99. The summed E-state index contributed by atoms with van der Waals surface area (Å²) in [5.74, 6) is 0.0157. The molecule has 0 N–H and O–H groups in total. The number of methoxy groups -OCH3 is 1. The van der Waals surface area contributed by atoms with Crippen LogP contribution in [0.4, 0.5) is 5.69 Å². The summed E-state index contributed by atoms with van der Waals surface area (Å²) in [7, 11) is 1.59. The van der Waals surface area contributed by atoms with Crippen molar-refractivity contribution in [1.29, 1.82) is 0 Å². The van der Waals surface area contributed by atoms with Crippen LogP contribution in [0.15, 0.2) is 24.3 Å². The number of hydrogen-bond acceptors (Lipinski definition) is 4.